The largest absolute Gasteiger partial charge is 0.454 e. The van der Waals surface area contributed by atoms with Gasteiger partial charge in [0.15, 0.2) is 11.6 Å². The SMILES string of the molecule is NC(=O)/C=C\c1ccccc1Oc1ccc(F)cc1F. The van der Waals surface area contributed by atoms with E-state index < -0.39 is 17.5 Å². The van der Waals surface area contributed by atoms with Crippen LogP contribution in [0.4, 0.5) is 8.78 Å². The summed E-state index contributed by atoms with van der Waals surface area (Å²) in [5.74, 6) is -1.87. The first-order valence-electron chi connectivity index (χ1n) is 5.76. The van der Waals surface area contributed by atoms with Gasteiger partial charge in [-0.25, -0.2) is 8.78 Å². The quantitative estimate of drug-likeness (QED) is 0.871. The Hall–Kier alpha value is -2.69. The summed E-state index contributed by atoms with van der Waals surface area (Å²) in [5.41, 5.74) is 5.57. The molecule has 0 saturated heterocycles. The summed E-state index contributed by atoms with van der Waals surface area (Å²) in [7, 11) is 0. The molecule has 0 aliphatic rings. The number of hydrogen-bond donors (Lipinski definition) is 1. The number of amides is 1. The molecule has 5 heteroatoms. The zero-order valence-corrected chi connectivity index (χ0v) is 10.3. The van der Waals surface area contributed by atoms with Crippen molar-refractivity contribution < 1.29 is 18.3 Å². The summed E-state index contributed by atoms with van der Waals surface area (Å²) < 4.78 is 31.7. The molecule has 0 spiro atoms. The maximum atomic E-state index is 13.5. The Labute approximate surface area is 114 Å². The van der Waals surface area contributed by atoms with Crippen molar-refractivity contribution in [2.24, 2.45) is 5.73 Å². The molecule has 2 N–H and O–H groups in total. The minimum Gasteiger partial charge on any atom is -0.454 e. The minimum absolute atomic E-state index is 0.105. The molecule has 2 aromatic rings. The molecule has 0 aromatic heterocycles. The molecule has 2 rings (SSSR count). The number of halogens is 2. The number of para-hydroxylation sites is 1. The number of ether oxygens (including phenoxy) is 1. The third-order valence-electron chi connectivity index (χ3n) is 2.46. The van der Waals surface area contributed by atoms with Crippen molar-refractivity contribution in [3.8, 4) is 11.5 Å². The zero-order valence-electron chi connectivity index (χ0n) is 10.3. The molecule has 0 radical (unpaired) electrons. The van der Waals surface area contributed by atoms with Crippen LogP contribution in [0.5, 0.6) is 11.5 Å². The van der Waals surface area contributed by atoms with Gasteiger partial charge in [-0.1, -0.05) is 18.2 Å². The lowest BCUT2D eigenvalue weighted by molar-refractivity contribution is -0.113. The summed E-state index contributed by atoms with van der Waals surface area (Å²) in [5, 5.41) is 0. The third-order valence-corrected chi connectivity index (χ3v) is 2.46. The Morgan fingerprint density at radius 3 is 2.55 bits per heavy atom. The van der Waals surface area contributed by atoms with Gasteiger partial charge in [0.05, 0.1) is 0 Å². The first-order valence-corrected chi connectivity index (χ1v) is 5.76. The Bertz CT molecular complexity index is 669. The van der Waals surface area contributed by atoms with Crippen LogP contribution in [0, 0.1) is 11.6 Å². The fourth-order valence-electron chi connectivity index (χ4n) is 1.56. The highest BCUT2D eigenvalue weighted by Crippen LogP contribution is 2.28. The Morgan fingerprint density at radius 1 is 1.10 bits per heavy atom. The maximum Gasteiger partial charge on any atom is 0.241 e. The molecule has 1 amide bonds. The average molecular weight is 275 g/mol. The second kappa shape index (κ2) is 5.97. The van der Waals surface area contributed by atoms with Crippen LogP contribution in [0.15, 0.2) is 48.5 Å². The van der Waals surface area contributed by atoms with Gasteiger partial charge in [-0.05, 0) is 24.3 Å². The monoisotopic (exact) mass is 275 g/mol. The molecule has 20 heavy (non-hydrogen) atoms. The number of hydrogen-bond acceptors (Lipinski definition) is 2. The lowest BCUT2D eigenvalue weighted by atomic mass is 10.2. The van der Waals surface area contributed by atoms with Gasteiger partial charge in [-0.15, -0.1) is 0 Å². The minimum atomic E-state index is -0.807. The summed E-state index contributed by atoms with van der Waals surface area (Å²) in [6.07, 6.45) is 2.63. The summed E-state index contributed by atoms with van der Waals surface area (Å²) in [6.45, 7) is 0. The number of nitrogens with two attached hydrogens (primary N) is 1. The van der Waals surface area contributed by atoms with Gasteiger partial charge in [0.2, 0.25) is 5.91 Å². The lowest BCUT2D eigenvalue weighted by Crippen LogP contribution is -2.05. The van der Waals surface area contributed by atoms with E-state index in [9.17, 15) is 13.6 Å². The van der Waals surface area contributed by atoms with Crippen molar-refractivity contribution in [2.75, 3.05) is 0 Å². The van der Waals surface area contributed by atoms with Crippen LogP contribution in [-0.2, 0) is 4.79 Å². The van der Waals surface area contributed by atoms with E-state index in [-0.39, 0.29) is 5.75 Å². The molecule has 102 valence electrons. The van der Waals surface area contributed by atoms with Crippen molar-refractivity contribution in [2.45, 2.75) is 0 Å². The Kier molecular flexibility index (Phi) is 4.10. The second-order valence-electron chi connectivity index (χ2n) is 3.95. The maximum absolute atomic E-state index is 13.5. The van der Waals surface area contributed by atoms with Crippen LogP contribution < -0.4 is 10.5 Å². The van der Waals surface area contributed by atoms with Gasteiger partial charge in [-0.2, -0.15) is 0 Å². The first-order chi connectivity index (χ1) is 9.56. The van der Waals surface area contributed by atoms with Crippen molar-refractivity contribution in [3.63, 3.8) is 0 Å². The van der Waals surface area contributed by atoms with Crippen LogP contribution in [0.1, 0.15) is 5.56 Å². The highest BCUT2D eigenvalue weighted by atomic mass is 19.1. The van der Waals surface area contributed by atoms with Crippen molar-refractivity contribution >= 4 is 12.0 Å². The van der Waals surface area contributed by atoms with E-state index in [4.69, 9.17) is 10.5 Å². The highest BCUT2D eigenvalue weighted by Gasteiger charge is 2.08. The molecule has 0 heterocycles. The lowest BCUT2D eigenvalue weighted by Gasteiger charge is -2.09. The molecular formula is C15H11F2NO2. The molecule has 0 saturated carbocycles. The molecule has 0 unspecified atom stereocenters. The van der Waals surface area contributed by atoms with Gasteiger partial charge >= 0.3 is 0 Å². The van der Waals surface area contributed by atoms with E-state index in [1.165, 1.54) is 18.2 Å². The van der Waals surface area contributed by atoms with Crippen LogP contribution in [-0.4, -0.2) is 5.91 Å². The standard InChI is InChI=1S/C15H11F2NO2/c16-11-6-7-14(12(17)9-11)20-13-4-2-1-3-10(13)5-8-15(18)19/h1-9H,(H2,18,19)/b8-5-. The van der Waals surface area contributed by atoms with E-state index >= 15 is 0 Å². The summed E-state index contributed by atoms with van der Waals surface area (Å²) >= 11 is 0. The fourth-order valence-corrected chi connectivity index (χ4v) is 1.56. The van der Waals surface area contributed by atoms with Crippen molar-refractivity contribution in [1.82, 2.24) is 0 Å². The number of carbonyl (C=O) groups excluding carboxylic acids is 1. The molecule has 2 aromatic carbocycles. The predicted octanol–water partition coefficient (Wildman–Crippen LogP) is 3.26. The second-order valence-corrected chi connectivity index (χ2v) is 3.95. The van der Waals surface area contributed by atoms with Crippen molar-refractivity contribution in [1.29, 1.82) is 0 Å². The van der Waals surface area contributed by atoms with Gasteiger partial charge in [0.1, 0.15) is 11.6 Å². The molecule has 0 aliphatic heterocycles. The topological polar surface area (TPSA) is 52.3 Å². The van der Waals surface area contributed by atoms with Gasteiger partial charge in [0.25, 0.3) is 0 Å². The number of rotatable bonds is 4. The Balaban J connectivity index is 2.31. The first kappa shape index (κ1) is 13.7. The molecule has 0 bridgehead atoms. The average Bonchev–Trinajstić information content (AvgIpc) is 2.41. The summed E-state index contributed by atoms with van der Waals surface area (Å²) in [4.78, 5) is 10.7. The normalized spacial score (nSPS) is 10.7. The zero-order chi connectivity index (χ0) is 14.5. The van der Waals surface area contributed by atoms with E-state index in [1.807, 2.05) is 0 Å². The fraction of sp³-hybridized carbons (Fsp3) is 0. The highest BCUT2D eigenvalue weighted by molar-refractivity contribution is 5.90. The van der Waals surface area contributed by atoms with Gasteiger partial charge < -0.3 is 10.5 Å². The molecular weight excluding hydrogens is 264 g/mol. The predicted molar refractivity (Wildman–Crippen MR) is 71.1 cm³/mol. The van der Waals surface area contributed by atoms with Crippen molar-refractivity contribution in [3.05, 3.63) is 65.7 Å². The van der Waals surface area contributed by atoms with Crippen LogP contribution in [0.3, 0.4) is 0 Å². The van der Waals surface area contributed by atoms with E-state index in [0.717, 1.165) is 12.1 Å². The van der Waals surface area contributed by atoms with E-state index in [0.29, 0.717) is 11.3 Å². The van der Waals surface area contributed by atoms with Crippen LogP contribution >= 0.6 is 0 Å². The number of primary amides is 1. The number of carbonyl (C=O) groups is 1. The van der Waals surface area contributed by atoms with E-state index in [1.54, 1.807) is 24.3 Å². The van der Waals surface area contributed by atoms with Crippen LogP contribution in [0.2, 0.25) is 0 Å². The molecule has 0 aliphatic carbocycles. The van der Waals surface area contributed by atoms with Crippen LogP contribution in [0.25, 0.3) is 6.08 Å². The molecule has 3 nitrogen and oxygen atoms in total. The molecule has 0 atom stereocenters. The smallest absolute Gasteiger partial charge is 0.241 e. The van der Waals surface area contributed by atoms with Gasteiger partial charge in [0, 0.05) is 17.7 Å². The van der Waals surface area contributed by atoms with Gasteiger partial charge in [-0.3, -0.25) is 4.79 Å². The number of benzene rings is 2. The van der Waals surface area contributed by atoms with E-state index in [2.05, 4.69) is 0 Å². The third kappa shape index (κ3) is 3.41. The molecule has 0 fully saturated rings. The summed E-state index contributed by atoms with van der Waals surface area (Å²) in [6, 6.07) is 9.73. The Morgan fingerprint density at radius 2 is 1.85 bits per heavy atom.